The molecule has 2 amide bonds. The van der Waals surface area contributed by atoms with Gasteiger partial charge < -0.3 is 14.8 Å². The van der Waals surface area contributed by atoms with Crippen molar-refractivity contribution in [1.82, 2.24) is 9.55 Å². The zero-order chi connectivity index (χ0) is 20.7. The first-order valence-electron chi connectivity index (χ1n) is 9.63. The van der Waals surface area contributed by atoms with Crippen molar-refractivity contribution < 1.29 is 9.59 Å². The number of aromatic nitrogens is 2. The second kappa shape index (κ2) is 7.48. The van der Waals surface area contributed by atoms with Crippen LogP contribution in [0.4, 0.5) is 11.4 Å². The Morgan fingerprint density at radius 1 is 1.21 bits per heavy atom. The summed E-state index contributed by atoms with van der Waals surface area (Å²) < 4.78 is 2.02. The van der Waals surface area contributed by atoms with Crippen LogP contribution in [0.2, 0.25) is 0 Å². The quantitative estimate of drug-likeness (QED) is 0.707. The van der Waals surface area contributed by atoms with Gasteiger partial charge >= 0.3 is 0 Å². The highest BCUT2D eigenvalue weighted by Gasteiger charge is 2.22. The number of rotatable bonds is 4. The van der Waals surface area contributed by atoms with Gasteiger partial charge in [0.25, 0.3) is 0 Å². The van der Waals surface area contributed by atoms with E-state index in [1.165, 1.54) is 0 Å². The topological polar surface area (TPSA) is 67.2 Å². The van der Waals surface area contributed by atoms with Crippen LogP contribution in [0.3, 0.4) is 0 Å². The molecule has 3 heterocycles. The number of carbonyl (C=O) groups is 2. The summed E-state index contributed by atoms with van der Waals surface area (Å²) in [7, 11) is 0. The van der Waals surface area contributed by atoms with Crippen molar-refractivity contribution in [1.29, 1.82) is 0 Å². The Bertz CT molecular complexity index is 1110. The molecule has 4 rings (SSSR count). The number of fused-ring (bicyclic) bond motifs is 1. The SMILES string of the molecule is CC(=O)N1CCc2cc(NC(=O)Cn3c(C)cc(-c4csc(C)n4)c3C)ccc21. The molecular formula is C22H24N4O2S. The van der Waals surface area contributed by atoms with Crippen molar-refractivity contribution in [2.75, 3.05) is 16.8 Å². The van der Waals surface area contributed by atoms with Crippen LogP contribution in [-0.4, -0.2) is 27.9 Å². The Kier molecular flexibility index (Phi) is 5.00. The Hall–Kier alpha value is -2.93. The van der Waals surface area contributed by atoms with Gasteiger partial charge in [0, 0.05) is 47.2 Å². The Morgan fingerprint density at radius 2 is 2.00 bits per heavy atom. The number of thiazole rings is 1. The molecule has 7 heteroatoms. The van der Waals surface area contributed by atoms with Crippen molar-refractivity contribution in [2.24, 2.45) is 0 Å². The summed E-state index contributed by atoms with van der Waals surface area (Å²) in [6.07, 6.45) is 0.810. The van der Waals surface area contributed by atoms with Gasteiger partial charge in [-0.3, -0.25) is 9.59 Å². The van der Waals surface area contributed by atoms with Crippen LogP contribution in [0.1, 0.15) is 28.9 Å². The third-order valence-electron chi connectivity index (χ3n) is 5.41. The minimum absolute atomic E-state index is 0.0465. The lowest BCUT2D eigenvalue weighted by Crippen LogP contribution is -2.25. The smallest absolute Gasteiger partial charge is 0.244 e. The first-order chi connectivity index (χ1) is 13.8. The van der Waals surface area contributed by atoms with E-state index in [1.54, 1.807) is 23.2 Å². The third-order valence-corrected chi connectivity index (χ3v) is 6.18. The normalized spacial score (nSPS) is 12.9. The maximum Gasteiger partial charge on any atom is 0.244 e. The molecule has 0 unspecified atom stereocenters. The Morgan fingerprint density at radius 3 is 2.69 bits per heavy atom. The number of nitrogens with one attached hydrogen (secondary N) is 1. The van der Waals surface area contributed by atoms with E-state index in [-0.39, 0.29) is 18.4 Å². The number of carbonyl (C=O) groups excluding carboxylic acids is 2. The lowest BCUT2D eigenvalue weighted by molar-refractivity contribution is -0.117. The zero-order valence-corrected chi connectivity index (χ0v) is 17.9. The molecule has 6 nitrogen and oxygen atoms in total. The van der Waals surface area contributed by atoms with Gasteiger partial charge in [0.05, 0.1) is 10.7 Å². The van der Waals surface area contributed by atoms with Crippen molar-refractivity contribution >= 4 is 34.5 Å². The molecule has 1 aliphatic rings. The van der Waals surface area contributed by atoms with Crippen LogP contribution in [0.15, 0.2) is 29.6 Å². The minimum atomic E-state index is -0.0748. The van der Waals surface area contributed by atoms with Crippen LogP contribution in [-0.2, 0) is 22.6 Å². The second-order valence-electron chi connectivity index (χ2n) is 7.44. The van der Waals surface area contributed by atoms with Crippen LogP contribution in [0, 0.1) is 20.8 Å². The van der Waals surface area contributed by atoms with E-state index < -0.39 is 0 Å². The number of anilines is 2. The predicted octanol–water partition coefficient (Wildman–Crippen LogP) is 4.08. The summed E-state index contributed by atoms with van der Waals surface area (Å²) in [6, 6.07) is 7.82. The third kappa shape index (κ3) is 3.70. The summed E-state index contributed by atoms with van der Waals surface area (Å²) in [6.45, 7) is 8.55. The molecule has 0 aliphatic carbocycles. The Balaban J connectivity index is 1.50. The lowest BCUT2D eigenvalue weighted by Gasteiger charge is -2.15. The minimum Gasteiger partial charge on any atom is -0.339 e. The summed E-state index contributed by atoms with van der Waals surface area (Å²) in [5.74, 6) is -0.0283. The highest BCUT2D eigenvalue weighted by atomic mass is 32.1. The molecule has 3 aromatic rings. The highest BCUT2D eigenvalue weighted by Crippen LogP contribution is 2.31. The highest BCUT2D eigenvalue weighted by molar-refractivity contribution is 7.09. The average molecular weight is 409 g/mol. The van der Waals surface area contributed by atoms with E-state index >= 15 is 0 Å². The van der Waals surface area contributed by atoms with Crippen molar-refractivity contribution in [2.45, 2.75) is 40.7 Å². The first-order valence-corrected chi connectivity index (χ1v) is 10.5. The summed E-state index contributed by atoms with van der Waals surface area (Å²) in [5, 5.41) is 6.08. The molecule has 0 spiro atoms. The lowest BCUT2D eigenvalue weighted by atomic mass is 10.1. The molecule has 1 aliphatic heterocycles. The van der Waals surface area contributed by atoms with Gasteiger partial charge in [0.15, 0.2) is 0 Å². The summed E-state index contributed by atoms with van der Waals surface area (Å²) in [5.41, 5.74) is 6.89. The van der Waals surface area contributed by atoms with E-state index in [2.05, 4.69) is 21.7 Å². The number of amides is 2. The molecule has 0 atom stereocenters. The zero-order valence-electron chi connectivity index (χ0n) is 17.1. The standard InChI is InChI=1S/C22H24N4O2S/c1-13-9-19(20-12-29-15(3)23-20)14(2)26(13)11-22(28)24-18-5-6-21-17(10-18)7-8-25(21)16(4)27/h5-6,9-10,12H,7-8,11H2,1-4H3,(H,24,28). The van der Waals surface area contributed by atoms with Crippen molar-refractivity contribution in [3.05, 3.63) is 51.6 Å². The predicted molar refractivity (Wildman–Crippen MR) is 117 cm³/mol. The molecule has 0 bridgehead atoms. The molecule has 150 valence electrons. The number of benzene rings is 1. The maximum atomic E-state index is 12.7. The summed E-state index contributed by atoms with van der Waals surface area (Å²) in [4.78, 5) is 30.7. The van der Waals surface area contributed by atoms with E-state index in [1.807, 2.05) is 43.5 Å². The van der Waals surface area contributed by atoms with E-state index in [4.69, 9.17) is 0 Å². The monoisotopic (exact) mass is 408 g/mol. The Labute approximate surface area is 174 Å². The number of aryl methyl sites for hydroxylation is 2. The number of hydrogen-bond acceptors (Lipinski definition) is 4. The van der Waals surface area contributed by atoms with E-state index in [0.29, 0.717) is 6.54 Å². The van der Waals surface area contributed by atoms with E-state index in [9.17, 15) is 9.59 Å². The van der Waals surface area contributed by atoms with Crippen LogP contribution >= 0.6 is 11.3 Å². The maximum absolute atomic E-state index is 12.7. The molecular weight excluding hydrogens is 384 g/mol. The van der Waals surface area contributed by atoms with Crippen LogP contribution in [0.5, 0.6) is 0 Å². The average Bonchev–Trinajstić information content (AvgIpc) is 3.35. The fourth-order valence-electron chi connectivity index (χ4n) is 3.94. The van der Waals surface area contributed by atoms with Gasteiger partial charge in [-0.2, -0.15) is 0 Å². The molecule has 0 radical (unpaired) electrons. The fourth-order valence-corrected chi connectivity index (χ4v) is 4.55. The van der Waals surface area contributed by atoms with Gasteiger partial charge in [-0.1, -0.05) is 0 Å². The van der Waals surface area contributed by atoms with Crippen LogP contribution < -0.4 is 10.2 Å². The summed E-state index contributed by atoms with van der Waals surface area (Å²) >= 11 is 1.63. The largest absolute Gasteiger partial charge is 0.339 e. The van der Waals surface area contributed by atoms with Gasteiger partial charge in [-0.25, -0.2) is 4.98 Å². The molecule has 0 fully saturated rings. The first kappa shape index (κ1) is 19.4. The number of hydrogen-bond donors (Lipinski definition) is 1. The van der Waals surface area contributed by atoms with Gasteiger partial charge in [-0.05, 0) is 57.0 Å². The number of nitrogens with zero attached hydrogens (tertiary/aromatic N) is 3. The molecule has 29 heavy (non-hydrogen) atoms. The van der Waals surface area contributed by atoms with Gasteiger partial charge in [0.1, 0.15) is 6.54 Å². The second-order valence-corrected chi connectivity index (χ2v) is 8.50. The molecule has 0 saturated heterocycles. The van der Waals surface area contributed by atoms with Crippen molar-refractivity contribution in [3.8, 4) is 11.3 Å². The van der Waals surface area contributed by atoms with E-state index in [0.717, 1.165) is 51.0 Å². The fraction of sp³-hybridized carbons (Fsp3) is 0.318. The van der Waals surface area contributed by atoms with Gasteiger partial charge in [0.2, 0.25) is 11.8 Å². The molecule has 0 saturated carbocycles. The molecule has 1 aromatic carbocycles. The van der Waals surface area contributed by atoms with Gasteiger partial charge in [-0.15, -0.1) is 11.3 Å². The van der Waals surface area contributed by atoms with Crippen LogP contribution in [0.25, 0.3) is 11.3 Å². The molecule has 2 aromatic heterocycles. The molecule has 1 N–H and O–H groups in total. The van der Waals surface area contributed by atoms with Crippen molar-refractivity contribution in [3.63, 3.8) is 0 Å².